The Morgan fingerprint density at radius 3 is 1.22 bits per heavy atom. The highest BCUT2D eigenvalue weighted by molar-refractivity contribution is 5.20. The van der Waals surface area contributed by atoms with Crippen molar-refractivity contribution in [2.75, 3.05) is 6.61 Å². The summed E-state index contributed by atoms with van der Waals surface area (Å²) >= 11 is 0. The van der Waals surface area contributed by atoms with Gasteiger partial charge in [0.1, 0.15) is 17.9 Å². The number of rotatable bonds is 5. The van der Waals surface area contributed by atoms with Crippen molar-refractivity contribution >= 4 is 0 Å². The van der Waals surface area contributed by atoms with Crippen molar-refractivity contribution in [1.29, 1.82) is 0 Å². The zero-order valence-corrected chi connectivity index (χ0v) is 17.0. The van der Waals surface area contributed by atoms with E-state index in [1.54, 1.807) is 0 Å². The van der Waals surface area contributed by atoms with Gasteiger partial charge in [-0.05, 0) is 6.42 Å². The van der Waals surface area contributed by atoms with E-state index in [0.29, 0.717) is 6.92 Å². The first-order valence-electron chi connectivity index (χ1n) is 8.99. The standard InChI is InChI=1S/C15H10F20O2/c1-2-3-36-8(11(23,14(30,31)32)15(33,34)35)5(10(20,21)22)4(9(17,18)19)6(37-8)7(16,12(24,25)26)13(27,28)29/h4-6H,2-3H2,1H3. The van der Waals surface area contributed by atoms with Crippen LogP contribution >= 0.6 is 0 Å². The molecular formula is C15H10F20O2. The zero-order chi connectivity index (χ0) is 30.1. The van der Waals surface area contributed by atoms with Crippen LogP contribution < -0.4 is 0 Å². The first kappa shape index (κ1) is 33.5. The van der Waals surface area contributed by atoms with E-state index in [9.17, 15) is 87.8 Å². The maximum Gasteiger partial charge on any atom is 0.437 e. The third kappa shape index (κ3) is 4.99. The molecule has 22 heteroatoms. The minimum absolute atomic E-state index is 0.607. The van der Waals surface area contributed by atoms with E-state index >= 15 is 0 Å². The lowest BCUT2D eigenvalue weighted by Gasteiger charge is -2.46. The van der Waals surface area contributed by atoms with Crippen LogP contribution in [0, 0.1) is 11.8 Å². The first-order chi connectivity index (χ1) is 15.9. The molecule has 0 aliphatic carbocycles. The molecule has 0 aromatic carbocycles. The maximum absolute atomic E-state index is 14.9. The van der Waals surface area contributed by atoms with Gasteiger partial charge in [0.15, 0.2) is 0 Å². The Morgan fingerprint density at radius 1 is 0.595 bits per heavy atom. The molecule has 222 valence electrons. The minimum Gasteiger partial charge on any atom is -0.346 e. The van der Waals surface area contributed by atoms with Gasteiger partial charge in [-0.25, -0.2) is 8.78 Å². The largest absolute Gasteiger partial charge is 0.437 e. The van der Waals surface area contributed by atoms with E-state index in [1.165, 1.54) is 0 Å². The summed E-state index contributed by atoms with van der Waals surface area (Å²) in [5.74, 6) is -18.6. The molecule has 1 saturated heterocycles. The number of hydrogen-bond donors (Lipinski definition) is 0. The van der Waals surface area contributed by atoms with E-state index in [2.05, 4.69) is 9.47 Å². The summed E-state index contributed by atoms with van der Waals surface area (Å²) in [6, 6.07) is 0. The fourth-order valence-electron chi connectivity index (χ4n) is 3.67. The van der Waals surface area contributed by atoms with Crippen molar-refractivity contribution in [2.45, 2.75) is 73.6 Å². The van der Waals surface area contributed by atoms with Gasteiger partial charge in [-0.15, -0.1) is 0 Å². The van der Waals surface area contributed by atoms with Crippen molar-refractivity contribution < 1.29 is 97.3 Å². The lowest BCUT2D eigenvalue weighted by molar-refractivity contribution is -0.464. The summed E-state index contributed by atoms with van der Waals surface area (Å²) in [6.07, 6.45) is -53.2. The predicted octanol–water partition coefficient (Wildman–Crippen LogP) is 7.53. The lowest BCUT2D eigenvalue weighted by atomic mass is 9.73. The highest BCUT2D eigenvalue weighted by atomic mass is 19.4. The quantitative estimate of drug-likeness (QED) is 0.303. The van der Waals surface area contributed by atoms with Crippen molar-refractivity contribution in [3.63, 3.8) is 0 Å². The smallest absolute Gasteiger partial charge is 0.346 e. The maximum atomic E-state index is 14.9. The molecule has 1 heterocycles. The lowest BCUT2D eigenvalue weighted by Crippen LogP contribution is -2.73. The van der Waals surface area contributed by atoms with E-state index < -0.39 is 85.1 Å². The van der Waals surface area contributed by atoms with E-state index in [0.717, 1.165) is 0 Å². The van der Waals surface area contributed by atoms with E-state index in [-0.39, 0.29) is 0 Å². The Bertz CT molecular complexity index is 770. The highest BCUT2D eigenvalue weighted by Crippen LogP contribution is 2.69. The van der Waals surface area contributed by atoms with Crippen LogP contribution in [0.1, 0.15) is 13.3 Å². The fraction of sp³-hybridized carbons (Fsp3) is 1.00. The molecule has 4 atom stereocenters. The topological polar surface area (TPSA) is 18.5 Å². The molecule has 0 radical (unpaired) electrons. The second-order valence-electron chi connectivity index (χ2n) is 7.50. The minimum atomic E-state index is -7.90. The molecule has 0 aromatic heterocycles. The summed E-state index contributed by atoms with van der Waals surface area (Å²) in [7, 11) is 0. The normalized spacial score (nSPS) is 27.6. The van der Waals surface area contributed by atoms with Crippen LogP contribution in [-0.4, -0.2) is 66.9 Å². The Morgan fingerprint density at radius 2 is 0.973 bits per heavy atom. The molecule has 0 saturated carbocycles. The fourth-order valence-corrected chi connectivity index (χ4v) is 3.67. The third-order valence-corrected chi connectivity index (χ3v) is 5.13. The van der Waals surface area contributed by atoms with E-state index in [4.69, 9.17) is 0 Å². The Hall–Kier alpha value is -1.48. The monoisotopic (exact) mass is 602 g/mol. The summed E-state index contributed by atoms with van der Waals surface area (Å²) in [5.41, 5.74) is -15.6. The molecule has 4 unspecified atom stereocenters. The Balaban J connectivity index is 4.47. The summed E-state index contributed by atoms with van der Waals surface area (Å²) < 4.78 is 276. The third-order valence-electron chi connectivity index (χ3n) is 5.13. The summed E-state index contributed by atoms with van der Waals surface area (Å²) in [4.78, 5) is 0. The van der Waals surface area contributed by atoms with Gasteiger partial charge in [-0.3, -0.25) is 0 Å². The number of hydrogen-bond acceptors (Lipinski definition) is 2. The zero-order valence-electron chi connectivity index (χ0n) is 17.0. The van der Waals surface area contributed by atoms with Crippen LogP contribution in [0.2, 0.25) is 0 Å². The molecule has 1 rings (SSSR count). The molecule has 1 aliphatic heterocycles. The molecule has 0 aromatic rings. The molecule has 1 aliphatic rings. The van der Waals surface area contributed by atoms with Gasteiger partial charge < -0.3 is 9.47 Å². The number of ether oxygens (including phenoxy) is 2. The van der Waals surface area contributed by atoms with Crippen LogP contribution in [0.5, 0.6) is 0 Å². The van der Waals surface area contributed by atoms with Crippen LogP contribution in [0.3, 0.4) is 0 Å². The van der Waals surface area contributed by atoms with Gasteiger partial charge >= 0.3 is 48.4 Å². The van der Waals surface area contributed by atoms with Crippen molar-refractivity contribution in [2.24, 2.45) is 11.8 Å². The molecule has 0 bridgehead atoms. The molecule has 1 fully saturated rings. The van der Waals surface area contributed by atoms with Crippen molar-refractivity contribution in [3.05, 3.63) is 0 Å². The van der Waals surface area contributed by atoms with Gasteiger partial charge in [-0.2, -0.15) is 79.0 Å². The second-order valence-corrected chi connectivity index (χ2v) is 7.50. The van der Waals surface area contributed by atoms with Crippen LogP contribution in [-0.2, 0) is 9.47 Å². The van der Waals surface area contributed by atoms with Crippen LogP contribution in [0.15, 0.2) is 0 Å². The highest BCUT2D eigenvalue weighted by Gasteiger charge is 2.94. The van der Waals surface area contributed by atoms with Gasteiger partial charge in [0, 0.05) is 6.61 Å². The van der Waals surface area contributed by atoms with Gasteiger partial charge in [-0.1, -0.05) is 6.92 Å². The predicted molar refractivity (Wildman–Crippen MR) is 74.8 cm³/mol. The van der Waals surface area contributed by atoms with Crippen molar-refractivity contribution in [1.82, 2.24) is 0 Å². The van der Waals surface area contributed by atoms with Gasteiger partial charge in [0.05, 0.1) is 0 Å². The van der Waals surface area contributed by atoms with E-state index in [1.807, 2.05) is 0 Å². The van der Waals surface area contributed by atoms with Crippen molar-refractivity contribution in [3.8, 4) is 0 Å². The molecular weight excluding hydrogens is 592 g/mol. The molecule has 0 N–H and O–H groups in total. The SMILES string of the molecule is CCCOC1(C(F)(C(F)(F)F)C(F)(F)F)OC(C(F)(C(F)(F)F)C(F)(F)F)C(C(F)(F)F)C1C(F)(F)F. The van der Waals surface area contributed by atoms with Crippen LogP contribution in [0.25, 0.3) is 0 Å². The molecule has 37 heavy (non-hydrogen) atoms. The van der Waals surface area contributed by atoms with Crippen LogP contribution in [0.4, 0.5) is 87.8 Å². The second kappa shape index (κ2) is 9.04. The molecule has 2 nitrogen and oxygen atoms in total. The summed E-state index contributed by atoms with van der Waals surface area (Å²) in [5, 5.41) is 0. The van der Waals surface area contributed by atoms with Gasteiger partial charge in [0.2, 0.25) is 5.79 Å². The molecule has 0 spiro atoms. The summed E-state index contributed by atoms with van der Waals surface area (Å²) in [6.45, 7) is -1.48. The number of alkyl halides is 20. The first-order valence-corrected chi connectivity index (χ1v) is 8.99. The average molecular weight is 602 g/mol. The Kier molecular flexibility index (Phi) is 8.19. The average Bonchev–Trinajstić information content (AvgIpc) is 2.98. The molecule has 0 amide bonds. The van der Waals surface area contributed by atoms with Gasteiger partial charge in [0.25, 0.3) is 0 Å². The Labute approximate surface area is 190 Å². The number of halogens is 20.